The molecule has 0 radical (unpaired) electrons. The van der Waals surface area contributed by atoms with Crippen LogP contribution in [0.3, 0.4) is 0 Å². The second kappa shape index (κ2) is 4.43. The molecule has 0 aliphatic carbocycles. The first-order valence-corrected chi connectivity index (χ1v) is 4.74. The Labute approximate surface area is 84.2 Å². The van der Waals surface area contributed by atoms with E-state index in [-0.39, 0.29) is 0 Å². The maximum absolute atomic E-state index is 2.12. The lowest BCUT2D eigenvalue weighted by Gasteiger charge is -1.90. The molecule has 0 amide bonds. The normalized spacial score (nSPS) is 9.43. The van der Waals surface area contributed by atoms with Crippen LogP contribution in [0.25, 0.3) is 10.8 Å². The minimum Gasteiger partial charge on any atom is -0.0623 e. The number of hydrogen-bond donors (Lipinski definition) is 0. The number of rotatable bonds is 0. The summed E-state index contributed by atoms with van der Waals surface area (Å²) in [5.41, 5.74) is 0. The van der Waals surface area contributed by atoms with Gasteiger partial charge in [-0.2, -0.15) is 0 Å². The van der Waals surface area contributed by atoms with Crippen molar-refractivity contribution in [3.8, 4) is 0 Å². The van der Waals surface area contributed by atoms with Gasteiger partial charge in [-0.1, -0.05) is 72.8 Å². The van der Waals surface area contributed by atoms with E-state index in [2.05, 4.69) is 48.5 Å². The molecule has 0 spiro atoms. The quantitative estimate of drug-likeness (QED) is 0.575. The van der Waals surface area contributed by atoms with Crippen LogP contribution in [0.2, 0.25) is 0 Å². The first-order chi connectivity index (χ1) is 6.97. The van der Waals surface area contributed by atoms with Gasteiger partial charge in [0.25, 0.3) is 0 Å². The van der Waals surface area contributed by atoms with Crippen molar-refractivity contribution in [1.29, 1.82) is 0 Å². The van der Waals surface area contributed by atoms with Crippen molar-refractivity contribution in [1.82, 2.24) is 0 Å². The van der Waals surface area contributed by atoms with Crippen LogP contribution < -0.4 is 0 Å². The van der Waals surface area contributed by atoms with Crippen molar-refractivity contribution in [2.45, 2.75) is 0 Å². The third kappa shape index (κ3) is 2.11. The maximum Gasteiger partial charge on any atom is -0.0184 e. The SMILES string of the molecule is c1ccccc2ccccc2ccc1. The summed E-state index contributed by atoms with van der Waals surface area (Å²) in [4.78, 5) is 0. The molecule has 0 heterocycles. The summed E-state index contributed by atoms with van der Waals surface area (Å²) in [5.74, 6) is 0. The first kappa shape index (κ1) is 8.76. The fourth-order valence-corrected chi connectivity index (χ4v) is 1.39. The molecule has 2 aromatic carbocycles. The van der Waals surface area contributed by atoms with Gasteiger partial charge in [-0.25, -0.2) is 0 Å². The summed E-state index contributed by atoms with van der Waals surface area (Å²) in [6.45, 7) is 0. The second-order valence-electron chi connectivity index (χ2n) is 3.12. The third-order valence-corrected chi connectivity index (χ3v) is 2.10. The van der Waals surface area contributed by atoms with Gasteiger partial charge in [0.2, 0.25) is 0 Å². The average Bonchev–Trinajstić information content (AvgIpc) is 2.25. The van der Waals surface area contributed by atoms with Gasteiger partial charge in [-0.3, -0.25) is 0 Å². The van der Waals surface area contributed by atoms with Gasteiger partial charge in [-0.15, -0.1) is 0 Å². The monoisotopic (exact) mass is 180 g/mol. The van der Waals surface area contributed by atoms with Gasteiger partial charge < -0.3 is 0 Å². The summed E-state index contributed by atoms with van der Waals surface area (Å²) in [7, 11) is 0. The summed E-state index contributed by atoms with van der Waals surface area (Å²) in [6.07, 6.45) is 0. The van der Waals surface area contributed by atoms with Crippen LogP contribution >= 0.6 is 0 Å². The third-order valence-electron chi connectivity index (χ3n) is 2.10. The lowest BCUT2D eigenvalue weighted by molar-refractivity contribution is 1.74. The number of hydrogen-bond acceptors (Lipinski definition) is 0. The molecule has 68 valence electrons. The summed E-state index contributed by atoms with van der Waals surface area (Å²) >= 11 is 0. The van der Waals surface area contributed by atoms with E-state index in [1.54, 1.807) is 0 Å². The zero-order valence-electron chi connectivity index (χ0n) is 7.93. The lowest BCUT2D eigenvalue weighted by Crippen LogP contribution is -1.64. The highest BCUT2D eigenvalue weighted by Crippen LogP contribution is 2.09. The van der Waals surface area contributed by atoms with Crippen molar-refractivity contribution in [3.63, 3.8) is 0 Å². The van der Waals surface area contributed by atoms with Crippen LogP contribution in [-0.2, 0) is 0 Å². The van der Waals surface area contributed by atoms with Crippen LogP contribution in [0, 0.1) is 0 Å². The number of benzene rings is 1. The molecule has 0 saturated carbocycles. The lowest BCUT2D eigenvalue weighted by atomic mass is 10.2. The summed E-state index contributed by atoms with van der Waals surface area (Å²) in [5, 5.41) is 2.51. The van der Waals surface area contributed by atoms with Crippen molar-refractivity contribution < 1.29 is 0 Å². The fraction of sp³-hybridized carbons (Fsp3) is 0. The van der Waals surface area contributed by atoms with Crippen LogP contribution in [-0.4, -0.2) is 0 Å². The molecule has 0 fully saturated rings. The zero-order valence-corrected chi connectivity index (χ0v) is 7.93. The van der Waals surface area contributed by atoms with Crippen molar-refractivity contribution in [3.05, 3.63) is 72.8 Å². The molecule has 0 bridgehead atoms. The molecule has 2 rings (SSSR count). The van der Waals surface area contributed by atoms with Crippen LogP contribution in [0.15, 0.2) is 72.8 Å². The Balaban J connectivity index is 2.76. The first-order valence-electron chi connectivity index (χ1n) is 4.74. The van der Waals surface area contributed by atoms with Crippen LogP contribution in [0.5, 0.6) is 0 Å². The molecular weight excluding hydrogens is 168 g/mol. The predicted octanol–water partition coefficient (Wildman–Crippen LogP) is 3.96. The molecule has 0 atom stereocenters. The number of fused-ring (bicyclic) bond motifs is 1. The Morgan fingerprint density at radius 2 is 0.643 bits per heavy atom. The Morgan fingerprint density at radius 1 is 0.357 bits per heavy atom. The summed E-state index contributed by atoms with van der Waals surface area (Å²) in [6, 6.07) is 24.8. The predicted molar refractivity (Wildman–Crippen MR) is 61.6 cm³/mol. The van der Waals surface area contributed by atoms with Crippen LogP contribution in [0.4, 0.5) is 0 Å². The van der Waals surface area contributed by atoms with E-state index < -0.39 is 0 Å². The van der Waals surface area contributed by atoms with Gasteiger partial charge in [0.05, 0.1) is 0 Å². The fourth-order valence-electron chi connectivity index (χ4n) is 1.39. The molecule has 0 aliphatic heterocycles. The van der Waals surface area contributed by atoms with E-state index in [1.165, 1.54) is 10.8 Å². The molecule has 0 unspecified atom stereocenters. The minimum atomic E-state index is 1.25. The Morgan fingerprint density at radius 3 is 1.07 bits per heavy atom. The second-order valence-corrected chi connectivity index (χ2v) is 3.12. The van der Waals surface area contributed by atoms with Gasteiger partial charge in [0.15, 0.2) is 0 Å². The molecule has 0 nitrogen and oxygen atoms in total. The van der Waals surface area contributed by atoms with Gasteiger partial charge in [0.1, 0.15) is 0 Å². The summed E-state index contributed by atoms with van der Waals surface area (Å²) < 4.78 is 0. The molecule has 0 N–H and O–H groups in total. The molecule has 0 saturated heterocycles. The average molecular weight is 180 g/mol. The largest absolute Gasteiger partial charge is 0.0623 e. The van der Waals surface area contributed by atoms with Crippen molar-refractivity contribution in [2.75, 3.05) is 0 Å². The zero-order chi connectivity index (χ0) is 9.64. The molecule has 0 heteroatoms. The smallest absolute Gasteiger partial charge is 0.0184 e. The van der Waals surface area contributed by atoms with Crippen molar-refractivity contribution in [2.24, 2.45) is 0 Å². The highest BCUT2D eigenvalue weighted by atomic mass is 13.9. The van der Waals surface area contributed by atoms with Crippen LogP contribution in [0.1, 0.15) is 0 Å². The van der Waals surface area contributed by atoms with E-state index in [4.69, 9.17) is 0 Å². The van der Waals surface area contributed by atoms with E-state index in [0.717, 1.165) is 0 Å². The van der Waals surface area contributed by atoms with E-state index in [0.29, 0.717) is 0 Å². The molecule has 2 aromatic rings. The molecule has 0 aromatic heterocycles. The Bertz CT molecular complexity index is 425. The topological polar surface area (TPSA) is 0 Å². The maximum atomic E-state index is 2.12. The van der Waals surface area contributed by atoms with Crippen molar-refractivity contribution >= 4 is 10.8 Å². The van der Waals surface area contributed by atoms with Gasteiger partial charge in [0, 0.05) is 0 Å². The Hall–Kier alpha value is -1.82. The van der Waals surface area contributed by atoms with E-state index in [9.17, 15) is 0 Å². The van der Waals surface area contributed by atoms with E-state index >= 15 is 0 Å². The molecule has 14 heavy (non-hydrogen) atoms. The standard InChI is InChI=1S/C14H12/c1-2-4-6-10-14-12-8-7-11-13(14)9-5-3-1/h1-12H. The van der Waals surface area contributed by atoms with Gasteiger partial charge in [-0.05, 0) is 10.8 Å². The highest BCUT2D eigenvalue weighted by Gasteiger charge is 1.83. The highest BCUT2D eigenvalue weighted by molar-refractivity contribution is 5.80. The molecule has 0 aliphatic rings. The van der Waals surface area contributed by atoms with Gasteiger partial charge >= 0.3 is 0 Å². The van der Waals surface area contributed by atoms with E-state index in [1.807, 2.05) is 24.3 Å². The Kier molecular flexibility index (Phi) is 2.77. The molecular formula is C14H12. The minimum absolute atomic E-state index is 1.25.